The summed E-state index contributed by atoms with van der Waals surface area (Å²) in [5.74, 6) is 2.13. The third kappa shape index (κ3) is 3.58. The molecule has 1 aliphatic heterocycles. The van der Waals surface area contributed by atoms with Crippen molar-refractivity contribution in [3.8, 4) is 0 Å². The maximum atomic E-state index is 9.43. The van der Waals surface area contributed by atoms with Gasteiger partial charge in [0.25, 0.3) is 0 Å². The van der Waals surface area contributed by atoms with E-state index in [0.717, 1.165) is 55.4 Å². The van der Waals surface area contributed by atoms with Gasteiger partial charge in [-0.15, -0.1) is 0 Å². The Hall–Kier alpha value is -1.85. The molecule has 2 unspecified atom stereocenters. The zero-order valence-corrected chi connectivity index (χ0v) is 14.9. The van der Waals surface area contributed by atoms with Crippen molar-refractivity contribution in [2.45, 2.75) is 31.7 Å². The zero-order chi connectivity index (χ0) is 17.2. The summed E-state index contributed by atoms with van der Waals surface area (Å²) < 4.78 is 0. The number of hydrogen-bond donors (Lipinski definition) is 2. The molecule has 1 aromatic heterocycles. The van der Waals surface area contributed by atoms with Crippen molar-refractivity contribution in [3.05, 3.63) is 46.7 Å². The van der Waals surface area contributed by atoms with E-state index >= 15 is 0 Å². The number of aliphatic hydroxyl groups is 1. The number of aryl methyl sites for hydroxylation is 1. The number of piperidine rings is 1. The molecule has 4 rings (SSSR count). The molecular weight excluding hydrogens is 336 g/mol. The van der Waals surface area contributed by atoms with Crippen molar-refractivity contribution >= 4 is 23.2 Å². The molecule has 0 amide bonds. The van der Waals surface area contributed by atoms with Gasteiger partial charge in [-0.3, -0.25) is 0 Å². The van der Waals surface area contributed by atoms with Crippen molar-refractivity contribution in [2.75, 3.05) is 29.9 Å². The lowest BCUT2D eigenvalue weighted by atomic mass is 9.99. The van der Waals surface area contributed by atoms with Gasteiger partial charge in [0.15, 0.2) is 0 Å². The first-order valence-electron chi connectivity index (χ1n) is 8.95. The van der Waals surface area contributed by atoms with Crippen LogP contribution in [0.2, 0.25) is 5.02 Å². The number of hydrogen-bond acceptors (Lipinski definition) is 5. The van der Waals surface area contributed by atoms with Crippen LogP contribution in [0, 0.1) is 5.92 Å². The predicted molar refractivity (Wildman–Crippen MR) is 100 cm³/mol. The van der Waals surface area contributed by atoms with Crippen LogP contribution >= 0.6 is 11.6 Å². The standard InChI is InChI=1S/C19H23ClN4O/c20-15-4-5-16-14(8-15)3-6-17(16)23-18-9-19(22-12-21-18)24-7-1-2-13(10-24)11-25/h4-5,8-9,12-13,17,25H,1-3,6-7,10-11H2,(H,21,22,23). The van der Waals surface area contributed by atoms with E-state index < -0.39 is 0 Å². The number of fused-ring (bicyclic) bond motifs is 1. The highest BCUT2D eigenvalue weighted by Gasteiger charge is 2.24. The number of halogens is 1. The fraction of sp³-hybridized carbons (Fsp3) is 0.474. The second kappa shape index (κ2) is 7.18. The van der Waals surface area contributed by atoms with Gasteiger partial charge in [0, 0.05) is 30.8 Å². The number of rotatable bonds is 4. The lowest BCUT2D eigenvalue weighted by molar-refractivity contribution is 0.208. The summed E-state index contributed by atoms with van der Waals surface area (Å²) in [6, 6.07) is 8.41. The molecular formula is C19H23ClN4O. The van der Waals surface area contributed by atoms with E-state index in [9.17, 15) is 5.11 Å². The van der Waals surface area contributed by atoms with Gasteiger partial charge in [0.05, 0.1) is 6.04 Å². The average molecular weight is 359 g/mol. The molecule has 2 aromatic rings. The van der Waals surface area contributed by atoms with Crippen LogP contribution in [0.1, 0.15) is 36.4 Å². The first-order chi connectivity index (χ1) is 12.2. The monoisotopic (exact) mass is 358 g/mol. The smallest absolute Gasteiger partial charge is 0.134 e. The SMILES string of the molecule is OCC1CCCN(c2cc(NC3CCc4cc(Cl)ccc43)ncn2)C1. The molecule has 2 atom stereocenters. The Labute approximate surface area is 153 Å². The number of nitrogens with zero attached hydrogens (tertiary/aromatic N) is 3. The molecule has 1 aromatic carbocycles. The molecule has 132 valence electrons. The van der Waals surface area contributed by atoms with Gasteiger partial charge in [-0.25, -0.2) is 9.97 Å². The van der Waals surface area contributed by atoms with Crippen LogP contribution in [-0.2, 0) is 6.42 Å². The number of benzene rings is 1. The fourth-order valence-electron chi connectivity index (χ4n) is 3.94. The minimum atomic E-state index is 0.244. The average Bonchev–Trinajstić information content (AvgIpc) is 3.04. The highest BCUT2D eigenvalue weighted by Crippen LogP contribution is 2.35. The molecule has 25 heavy (non-hydrogen) atoms. The summed E-state index contributed by atoms with van der Waals surface area (Å²) in [5.41, 5.74) is 2.63. The number of aromatic nitrogens is 2. The van der Waals surface area contributed by atoms with Gasteiger partial charge in [-0.2, -0.15) is 0 Å². The highest BCUT2D eigenvalue weighted by atomic mass is 35.5. The summed E-state index contributed by atoms with van der Waals surface area (Å²) in [5, 5.41) is 13.8. The summed E-state index contributed by atoms with van der Waals surface area (Å²) in [6.45, 7) is 2.09. The van der Waals surface area contributed by atoms with Crippen LogP contribution in [-0.4, -0.2) is 34.8 Å². The van der Waals surface area contributed by atoms with E-state index in [4.69, 9.17) is 11.6 Å². The lowest BCUT2D eigenvalue weighted by Crippen LogP contribution is -2.37. The van der Waals surface area contributed by atoms with E-state index in [1.54, 1.807) is 6.33 Å². The van der Waals surface area contributed by atoms with Crippen LogP contribution in [0.25, 0.3) is 0 Å². The first kappa shape index (κ1) is 16.6. The van der Waals surface area contributed by atoms with Gasteiger partial charge in [-0.1, -0.05) is 17.7 Å². The molecule has 0 radical (unpaired) electrons. The summed E-state index contributed by atoms with van der Waals surface area (Å²) in [6.07, 6.45) is 5.89. The normalized spacial score (nSPS) is 22.7. The van der Waals surface area contributed by atoms with Gasteiger partial charge in [0.1, 0.15) is 18.0 Å². The summed E-state index contributed by atoms with van der Waals surface area (Å²) >= 11 is 6.10. The first-order valence-corrected chi connectivity index (χ1v) is 9.33. The van der Waals surface area contributed by atoms with Crippen molar-refractivity contribution in [1.29, 1.82) is 0 Å². The molecule has 5 nitrogen and oxygen atoms in total. The molecule has 1 fully saturated rings. The Kier molecular flexibility index (Phi) is 4.77. The van der Waals surface area contributed by atoms with Crippen molar-refractivity contribution in [1.82, 2.24) is 9.97 Å². The highest BCUT2D eigenvalue weighted by molar-refractivity contribution is 6.30. The number of nitrogens with one attached hydrogen (secondary N) is 1. The van der Waals surface area contributed by atoms with E-state index in [0.29, 0.717) is 5.92 Å². The molecule has 2 heterocycles. The Bertz CT molecular complexity index is 754. The molecule has 0 saturated carbocycles. The van der Waals surface area contributed by atoms with Crippen molar-refractivity contribution in [2.24, 2.45) is 5.92 Å². The van der Waals surface area contributed by atoms with Crippen LogP contribution in [0.5, 0.6) is 0 Å². The van der Waals surface area contributed by atoms with Gasteiger partial charge in [0.2, 0.25) is 0 Å². The topological polar surface area (TPSA) is 61.3 Å². The molecule has 0 spiro atoms. The minimum Gasteiger partial charge on any atom is -0.396 e. The largest absolute Gasteiger partial charge is 0.396 e. The van der Waals surface area contributed by atoms with Crippen LogP contribution in [0.4, 0.5) is 11.6 Å². The van der Waals surface area contributed by atoms with Crippen LogP contribution < -0.4 is 10.2 Å². The second-order valence-electron chi connectivity index (χ2n) is 6.98. The Morgan fingerprint density at radius 2 is 2.16 bits per heavy atom. The summed E-state index contributed by atoms with van der Waals surface area (Å²) in [7, 11) is 0. The Morgan fingerprint density at radius 1 is 1.24 bits per heavy atom. The van der Waals surface area contributed by atoms with Gasteiger partial charge in [-0.05, 0) is 54.9 Å². The molecule has 1 saturated heterocycles. The molecule has 0 bridgehead atoms. The summed E-state index contributed by atoms with van der Waals surface area (Å²) in [4.78, 5) is 11.1. The molecule has 1 aliphatic carbocycles. The second-order valence-corrected chi connectivity index (χ2v) is 7.41. The van der Waals surface area contributed by atoms with E-state index in [1.807, 2.05) is 12.1 Å². The third-order valence-corrected chi connectivity index (χ3v) is 5.49. The molecule has 2 N–H and O–H groups in total. The van der Waals surface area contributed by atoms with Crippen molar-refractivity contribution < 1.29 is 5.11 Å². The van der Waals surface area contributed by atoms with E-state index in [2.05, 4.69) is 32.3 Å². The molecule has 2 aliphatic rings. The number of aliphatic hydroxyl groups excluding tert-OH is 1. The molecule has 6 heteroatoms. The van der Waals surface area contributed by atoms with Crippen LogP contribution in [0.3, 0.4) is 0 Å². The minimum absolute atomic E-state index is 0.244. The van der Waals surface area contributed by atoms with Crippen LogP contribution in [0.15, 0.2) is 30.6 Å². The van der Waals surface area contributed by atoms with E-state index in [-0.39, 0.29) is 12.6 Å². The van der Waals surface area contributed by atoms with Gasteiger partial charge >= 0.3 is 0 Å². The van der Waals surface area contributed by atoms with E-state index in [1.165, 1.54) is 11.1 Å². The third-order valence-electron chi connectivity index (χ3n) is 5.26. The van der Waals surface area contributed by atoms with Gasteiger partial charge < -0.3 is 15.3 Å². The maximum Gasteiger partial charge on any atom is 0.134 e. The Morgan fingerprint density at radius 3 is 3.04 bits per heavy atom. The number of anilines is 2. The lowest BCUT2D eigenvalue weighted by Gasteiger charge is -2.32. The Balaban J connectivity index is 1.49. The van der Waals surface area contributed by atoms with Crippen molar-refractivity contribution in [3.63, 3.8) is 0 Å². The zero-order valence-electron chi connectivity index (χ0n) is 14.2. The quantitative estimate of drug-likeness (QED) is 0.876. The maximum absolute atomic E-state index is 9.43. The fourth-order valence-corrected chi connectivity index (χ4v) is 4.13. The predicted octanol–water partition coefficient (Wildman–Crippen LogP) is 3.44.